The first-order valence-corrected chi connectivity index (χ1v) is 8.11. The Bertz CT molecular complexity index is 804. The SMILES string of the molecule is CCN(C(=O)C1(C(=O)Nc2ccc(F)c(F)c2)CC1)c1ccccc1. The number of hydrogen-bond acceptors (Lipinski definition) is 2. The molecular formula is C19H18F2N2O2. The number of nitrogens with zero attached hydrogens (tertiary/aromatic N) is 1. The van der Waals surface area contributed by atoms with Crippen LogP contribution in [0.2, 0.25) is 0 Å². The molecule has 6 heteroatoms. The summed E-state index contributed by atoms with van der Waals surface area (Å²) >= 11 is 0. The summed E-state index contributed by atoms with van der Waals surface area (Å²) in [5.41, 5.74) is -0.288. The fraction of sp³-hybridized carbons (Fsp3) is 0.263. The summed E-state index contributed by atoms with van der Waals surface area (Å²) in [6.07, 6.45) is 0.870. The highest BCUT2D eigenvalue weighted by Crippen LogP contribution is 2.48. The van der Waals surface area contributed by atoms with Gasteiger partial charge in [0.15, 0.2) is 11.6 Å². The van der Waals surface area contributed by atoms with E-state index in [1.165, 1.54) is 6.07 Å². The molecule has 2 aromatic rings. The number of carbonyl (C=O) groups is 2. The highest BCUT2D eigenvalue weighted by molar-refractivity contribution is 6.17. The average molecular weight is 344 g/mol. The lowest BCUT2D eigenvalue weighted by Crippen LogP contribution is -2.43. The molecular weight excluding hydrogens is 326 g/mol. The van der Waals surface area contributed by atoms with Crippen LogP contribution in [0.15, 0.2) is 48.5 Å². The van der Waals surface area contributed by atoms with Gasteiger partial charge in [-0.05, 0) is 44.0 Å². The molecule has 2 amide bonds. The summed E-state index contributed by atoms with van der Waals surface area (Å²) in [6.45, 7) is 2.28. The van der Waals surface area contributed by atoms with Crippen LogP contribution in [0, 0.1) is 17.0 Å². The van der Waals surface area contributed by atoms with Crippen LogP contribution < -0.4 is 10.2 Å². The molecule has 0 aromatic heterocycles. The minimum absolute atomic E-state index is 0.130. The molecule has 3 rings (SSSR count). The van der Waals surface area contributed by atoms with Gasteiger partial charge < -0.3 is 10.2 Å². The Morgan fingerprint density at radius 2 is 1.76 bits per heavy atom. The van der Waals surface area contributed by atoms with Crippen molar-refractivity contribution in [1.82, 2.24) is 0 Å². The van der Waals surface area contributed by atoms with Crippen molar-refractivity contribution in [2.24, 2.45) is 5.41 Å². The maximum atomic E-state index is 13.3. The van der Waals surface area contributed by atoms with Crippen LogP contribution in [-0.4, -0.2) is 18.4 Å². The van der Waals surface area contributed by atoms with Crippen LogP contribution in [0.4, 0.5) is 20.2 Å². The number of benzene rings is 2. The van der Waals surface area contributed by atoms with Crippen molar-refractivity contribution in [2.45, 2.75) is 19.8 Å². The molecule has 1 aliphatic rings. The first-order valence-electron chi connectivity index (χ1n) is 8.11. The number of halogens is 2. The van der Waals surface area contributed by atoms with Crippen molar-refractivity contribution >= 4 is 23.2 Å². The monoisotopic (exact) mass is 344 g/mol. The van der Waals surface area contributed by atoms with Crippen LogP contribution in [0.1, 0.15) is 19.8 Å². The minimum atomic E-state index is -1.14. The van der Waals surface area contributed by atoms with Gasteiger partial charge in [-0.3, -0.25) is 9.59 Å². The van der Waals surface area contributed by atoms with E-state index in [1.54, 1.807) is 4.90 Å². The Hall–Kier alpha value is -2.76. The predicted octanol–water partition coefficient (Wildman–Crippen LogP) is 3.74. The zero-order valence-corrected chi connectivity index (χ0v) is 13.8. The van der Waals surface area contributed by atoms with E-state index in [0.29, 0.717) is 19.4 Å². The third-order valence-corrected chi connectivity index (χ3v) is 4.40. The number of para-hydroxylation sites is 1. The van der Waals surface area contributed by atoms with Crippen molar-refractivity contribution in [3.8, 4) is 0 Å². The van der Waals surface area contributed by atoms with Crippen molar-refractivity contribution in [3.05, 3.63) is 60.2 Å². The van der Waals surface area contributed by atoms with E-state index in [4.69, 9.17) is 0 Å². The van der Waals surface area contributed by atoms with Crippen molar-refractivity contribution in [2.75, 3.05) is 16.8 Å². The van der Waals surface area contributed by atoms with Crippen molar-refractivity contribution in [1.29, 1.82) is 0 Å². The highest BCUT2D eigenvalue weighted by Gasteiger charge is 2.58. The van der Waals surface area contributed by atoms with Gasteiger partial charge in [-0.25, -0.2) is 8.78 Å². The Morgan fingerprint density at radius 3 is 2.32 bits per heavy atom. The standard InChI is InChI=1S/C19H18F2N2O2/c1-2-23(14-6-4-3-5-7-14)18(25)19(10-11-19)17(24)22-13-8-9-15(20)16(21)12-13/h3-9,12H,2,10-11H2,1H3,(H,22,24). The molecule has 0 aliphatic heterocycles. The molecule has 1 aliphatic carbocycles. The molecule has 1 N–H and O–H groups in total. The second-order valence-electron chi connectivity index (χ2n) is 6.05. The Balaban J connectivity index is 1.79. The average Bonchev–Trinajstić information content (AvgIpc) is 3.42. The quantitative estimate of drug-likeness (QED) is 0.840. The topological polar surface area (TPSA) is 49.4 Å². The van der Waals surface area contributed by atoms with Gasteiger partial charge in [-0.2, -0.15) is 0 Å². The number of rotatable bonds is 5. The summed E-state index contributed by atoms with van der Waals surface area (Å²) < 4.78 is 26.3. The molecule has 1 saturated carbocycles. The third-order valence-electron chi connectivity index (χ3n) is 4.40. The molecule has 25 heavy (non-hydrogen) atoms. The minimum Gasteiger partial charge on any atom is -0.325 e. The number of carbonyl (C=O) groups excluding carboxylic acids is 2. The van der Waals surface area contributed by atoms with E-state index >= 15 is 0 Å². The first-order chi connectivity index (χ1) is 12.0. The number of hydrogen-bond donors (Lipinski definition) is 1. The summed E-state index contributed by atoms with van der Waals surface area (Å²) in [5.74, 6) is -2.80. The van der Waals surface area contributed by atoms with E-state index in [1.807, 2.05) is 37.3 Å². The second kappa shape index (κ2) is 6.63. The van der Waals surface area contributed by atoms with Gasteiger partial charge in [-0.1, -0.05) is 18.2 Å². The third kappa shape index (κ3) is 3.24. The fourth-order valence-electron chi connectivity index (χ4n) is 2.80. The molecule has 0 atom stereocenters. The molecule has 0 radical (unpaired) electrons. The summed E-state index contributed by atoms with van der Waals surface area (Å²) in [6, 6.07) is 12.2. The van der Waals surface area contributed by atoms with Gasteiger partial charge in [0, 0.05) is 24.0 Å². The predicted molar refractivity (Wildman–Crippen MR) is 91.1 cm³/mol. The van der Waals surface area contributed by atoms with Gasteiger partial charge in [0.25, 0.3) is 0 Å². The molecule has 0 saturated heterocycles. The van der Waals surface area contributed by atoms with Gasteiger partial charge in [-0.15, -0.1) is 0 Å². The second-order valence-corrected chi connectivity index (χ2v) is 6.05. The Morgan fingerprint density at radius 1 is 1.08 bits per heavy atom. The van der Waals surface area contributed by atoms with E-state index in [2.05, 4.69) is 5.32 Å². The molecule has 0 spiro atoms. The lowest BCUT2D eigenvalue weighted by molar-refractivity contribution is -0.132. The smallest absolute Gasteiger partial charge is 0.242 e. The molecule has 1 fully saturated rings. The number of anilines is 2. The normalized spacial score (nSPS) is 14.7. The molecule has 4 nitrogen and oxygen atoms in total. The summed E-state index contributed by atoms with van der Waals surface area (Å²) in [5, 5.41) is 2.53. The zero-order valence-electron chi connectivity index (χ0n) is 13.8. The van der Waals surface area contributed by atoms with Crippen LogP contribution >= 0.6 is 0 Å². The number of nitrogens with one attached hydrogen (secondary N) is 1. The van der Waals surface area contributed by atoms with Gasteiger partial charge in [0.1, 0.15) is 5.41 Å². The molecule has 130 valence electrons. The maximum Gasteiger partial charge on any atom is 0.242 e. The lowest BCUT2D eigenvalue weighted by atomic mass is 10.0. The van der Waals surface area contributed by atoms with Crippen LogP contribution in [-0.2, 0) is 9.59 Å². The maximum absolute atomic E-state index is 13.3. The van der Waals surface area contributed by atoms with Gasteiger partial charge >= 0.3 is 0 Å². The van der Waals surface area contributed by atoms with E-state index in [9.17, 15) is 18.4 Å². The summed E-state index contributed by atoms with van der Waals surface area (Å²) in [4.78, 5) is 27.1. The van der Waals surface area contributed by atoms with Gasteiger partial charge in [0.2, 0.25) is 11.8 Å². The molecule has 0 heterocycles. The van der Waals surface area contributed by atoms with E-state index < -0.39 is 23.0 Å². The Labute approximate surface area is 144 Å². The van der Waals surface area contributed by atoms with Crippen molar-refractivity contribution < 1.29 is 18.4 Å². The fourth-order valence-corrected chi connectivity index (χ4v) is 2.80. The van der Waals surface area contributed by atoms with Crippen molar-refractivity contribution in [3.63, 3.8) is 0 Å². The lowest BCUT2D eigenvalue weighted by Gasteiger charge is -2.26. The van der Waals surface area contributed by atoms with E-state index in [0.717, 1.165) is 17.8 Å². The first kappa shape index (κ1) is 17.1. The van der Waals surface area contributed by atoms with Crippen LogP contribution in [0.5, 0.6) is 0 Å². The van der Waals surface area contributed by atoms with Crippen LogP contribution in [0.3, 0.4) is 0 Å². The number of amides is 2. The Kier molecular flexibility index (Phi) is 4.53. The highest BCUT2D eigenvalue weighted by atomic mass is 19.2. The molecule has 0 unspecified atom stereocenters. The van der Waals surface area contributed by atoms with Crippen LogP contribution in [0.25, 0.3) is 0 Å². The largest absolute Gasteiger partial charge is 0.325 e. The zero-order chi connectivity index (χ0) is 18.0. The van der Waals surface area contributed by atoms with E-state index in [-0.39, 0.29) is 11.6 Å². The molecule has 2 aromatic carbocycles. The molecule has 0 bridgehead atoms. The summed E-state index contributed by atoms with van der Waals surface area (Å²) in [7, 11) is 0. The van der Waals surface area contributed by atoms with Gasteiger partial charge in [0.05, 0.1) is 0 Å².